The van der Waals surface area contributed by atoms with Crippen molar-refractivity contribution in [2.45, 2.75) is 83.6 Å². The van der Waals surface area contributed by atoms with E-state index in [2.05, 4.69) is 12.2 Å². The minimum atomic E-state index is -0.278. The lowest BCUT2D eigenvalue weighted by molar-refractivity contribution is -0.132. The van der Waals surface area contributed by atoms with Crippen LogP contribution in [0.1, 0.15) is 77.6 Å². The van der Waals surface area contributed by atoms with Gasteiger partial charge in [0.1, 0.15) is 0 Å². The first-order chi connectivity index (χ1) is 9.68. The molecule has 0 aromatic carbocycles. The maximum absolute atomic E-state index is 12.8. The lowest BCUT2D eigenvalue weighted by Crippen LogP contribution is -2.50. The highest BCUT2D eigenvalue weighted by Gasteiger charge is 2.38. The van der Waals surface area contributed by atoms with Crippen LogP contribution in [-0.2, 0) is 4.79 Å². The number of rotatable bonds is 4. The van der Waals surface area contributed by atoms with Crippen LogP contribution in [0.5, 0.6) is 0 Å². The molecule has 20 heavy (non-hydrogen) atoms. The molecular weight excluding hydrogens is 248 g/mol. The van der Waals surface area contributed by atoms with Gasteiger partial charge in [-0.25, -0.2) is 0 Å². The number of nitrogens with two attached hydrogens (primary N) is 1. The van der Waals surface area contributed by atoms with Gasteiger partial charge in [0.15, 0.2) is 0 Å². The van der Waals surface area contributed by atoms with Crippen LogP contribution in [0.3, 0.4) is 0 Å². The zero-order chi connectivity index (χ0) is 14.4. The molecule has 1 amide bonds. The molecule has 2 saturated carbocycles. The number of amides is 1. The summed E-state index contributed by atoms with van der Waals surface area (Å²) in [6.07, 6.45) is 13.3. The highest BCUT2D eigenvalue weighted by Crippen LogP contribution is 2.35. The lowest BCUT2D eigenvalue weighted by Gasteiger charge is -2.34. The number of hydrogen-bond acceptors (Lipinski definition) is 2. The zero-order valence-corrected chi connectivity index (χ0v) is 13.1. The molecule has 0 aromatic rings. The standard InChI is InChI=1S/C17H32N2O/c1-14(15-9-5-4-6-10-15)19-16(20)17(13-18)11-7-2-3-8-12-17/h14-15H,2-13,18H2,1H3,(H,19,20)/t14-/m0/s1. The van der Waals surface area contributed by atoms with Gasteiger partial charge in [-0.15, -0.1) is 0 Å². The first-order valence-corrected chi connectivity index (χ1v) is 8.69. The Labute approximate surface area is 124 Å². The highest BCUT2D eigenvalue weighted by molar-refractivity contribution is 5.83. The van der Waals surface area contributed by atoms with E-state index in [9.17, 15) is 4.79 Å². The predicted molar refractivity (Wildman–Crippen MR) is 83.4 cm³/mol. The van der Waals surface area contributed by atoms with Crippen LogP contribution in [0.4, 0.5) is 0 Å². The summed E-state index contributed by atoms with van der Waals surface area (Å²) in [5.74, 6) is 0.910. The van der Waals surface area contributed by atoms with Gasteiger partial charge in [0.2, 0.25) is 5.91 Å². The molecule has 0 spiro atoms. The van der Waals surface area contributed by atoms with Crippen molar-refractivity contribution in [3.63, 3.8) is 0 Å². The van der Waals surface area contributed by atoms with Gasteiger partial charge in [-0.3, -0.25) is 4.79 Å². The second-order valence-electron chi connectivity index (χ2n) is 7.06. The van der Waals surface area contributed by atoms with Crippen molar-refractivity contribution in [1.82, 2.24) is 5.32 Å². The summed E-state index contributed by atoms with van der Waals surface area (Å²) >= 11 is 0. The van der Waals surface area contributed by atoms with Crippen molar-refractivity contribution in [3.05, 3.63) is 0 Å². The molecule has 0 aliphatic heterocycles. The molecule has 3 N–H and O–H groups in total. The highest BCUT2D eigenvalue weighted by atomic mass is 16.2. The monoisotopic (exact) mass is 280 g/mol. The molecule has 2 aliphatic rings. The Kier molecular flexibility index (Phi) is 5.88. The molecule has 0 aromatic heterocycles. The Hall–Kier alpha value is -0.570. The fourth-order valence-corrected chi connectivity index (χ4v) is 4.04. The molecule has 2 fully saturated rings. The molecule has 1 atom stereocenters. The topological polar surface area (TPSA) is 55.1 Å². The van der Waals surface area contributed by atoms with E-state index in [1.807, 2.05) is 0 Å². The Bertz CT molecular complexity index is 302. The SMILES string of the molecule is C[C@H](NC(=O)C1(CN)CCCCCC1)C1CCCCC1. The van der Waals surface area contributed by atoms with Crippen molar-refractivity contribution < 1.29 is 4.79 Å². The van der Waals surface area contributed by atoms with Crippen LogP contribution in [0, 0.1) is 11.3 Å². The molecule has 0 heterocycles. The Morgan fingerprint density at radius 2 is 1.65 bits per heavy atom. The number of carbonyl (C=O) groups is 1. The molecule has 0 unspecified atom stereocenters. The van der Waals surface area contributed by atoms with Gasteiger partial charge in [0.25, 0.3) is 0 Å². The first-order valence-electron chi connectivity index (χ1n) is 8.69. The average Bonchev–Trinajstić information content (AvgIpc) is 2.74. The van der Waals surface area contributed by atoms with Gasteiger partial charge >= 0.3 is 0 Å². The van der Waals surface area contributed by atoms with E-state index < -0.39 is 0 Å². The molecule has 0 saturated heterocycles. The maximum Gasteiger partial charge on any atom is 0.227 e. The molecule has 0 radical (unpaired) electrons. The Morgan fingerprint density at radius 3 is 2.20 bits per heavy atom. The van der Waals surface area contributed by atoms with Crippen LogP contribution in [0.15, 0.2) is 0 Å². The van der Waals surface area contributed by atoms with E-state index in [0.29, 0.717) is 18.5 Å². The number of carbonyl (C=O) groups excluding carboxylic acids is 1. The lowest BCUT2D eigenvalue weighted by atomic mass is 9.78. The minimum Gasteiger partial charge on any atom is -0.353 e. The van der Waals surface area contributed by atoms with E-state index in [-0.39, 0.29) is 11.3 Å². The third kappa shape index (κ3) is 3.75. The molecule has 0 bridgehead atoms. The normalized spacial score (nSPS) is 25.7. The van der Waals surface area contributed by atoms with Gasteiger partial charge in [0.05, 0.1) is 5.41 Å². The van der Waals surface area contributed by atoms with Crippen LogP contribution < -0.4 is 11.1 Å². The molecule has 116 valence electrons. The van der Waals surface area contributed by atoms with Crippen molar-refractivity contribution in [2.24, 2.45) is 17.1 Å². The summed E-state index contributed by atoms with van der Waals surface area (Å²) in [6, 6.07) is 0.314. The summed E-state index contributed by atoms with van der Waals surface area (Å²) in [5.41, 5.74) is 5.72. The third-order valence-electron chi connectivity index (χ3n) is 5.65. The van der Waals surface area contributed by atoms with Crippen molar-refractivity contribution in [3.8, 4) is 0 Å². The van der Waals surface area contributed by atoms with Gasteiger partial charge in [0, 0.05) is 12.6 Å². The second kappa shape index (κ2) is 7.44. The molecule has 3 nitrogen and oxygen atoms in total. The summed E-state index contributed by atoms with van der Waals surface area (Å²) in [5, 5.41) is 3.32. The van der Waals surface area contributed by atoms with Crippen LogP contribution in [-0.4, -0.2) is 18.5 Å². The van der Waals surface area contributed by atoms with Crippen LogP contribution >= 0.6 is 0 Å². The summed E-state index contributed by atoms with van der Waals surface area (Å²) in [6.45, 7) is 2.70. The fourth-order valence-electron chi connectivity index (χ4n) is 4.04. The third-order valence-corrected chi connectivity index (χ3v) is 5.65. The first kappa shape index (κ1) is 15.8. The van der Waals surface area contributed by atoms with Crippen molar-refractivity contribution in [1.29, 1.82) is 0 Å². The second-order valence-corrected chi connectivity index (χ2v) is 7.06. The molecule has 2 aliphatic carbocycles. The molecule has 3 heteroatoms. The summed E-state index contributed by atoms with van der Waals surface area (Å²) in [4.78, 5) is 12.8. The van der Waals surface area contributed by atoms with Crippen molar-refractivity contribution in [2.75, 3.05) is 6.54 Å². The maximum atomic E-state index is 12.8. The van der Waals surface area contributed by atoms with E-state index in [1.54, 1.807) is 0 Å². The van der Waals surface area contributed by atoms with E-state index >= 15 is 0 Å². The van der Waals surface area contributed by atoms with Gasteiger partial charge in [-0.1, -0.05) is 44.9 Å². The number of hydrogen-bond donors (Lipinski definition) is 2. The van der Waals surface area contributed by atoms with Gasteiger partial charge < -0.3 is 11.1 Å². The molecule has 2 rings (SSSR count). The fraction of sp³-hybridized carbons (Fsp3) is 0.941. The Morgan fingerprint density at radius 1 is 1.10 bits per heavy atom. The average molecular weight is 280 g/mol. The Balaban J connectivity index is 1.93. The predicted octanol–water partition coefficient (Wildman–Crippen LogP) is 3.37. The largest absolute Gasteiger partial charge is 0.353 e. The summed E-state index contributed by atoms with van der Waals surface area (Å²) < 4.78 is 0. The minimum absolute atomic E-state index is 0.236. The summed E-state index contributed by atoms with van der Waals surface area (Å²) in [7, 11) is 0. The van der Waals surface area contributed by atoms with E-state index in [0.717, 1.165) is 25.7 Å². The van der Waals surface area contributed by atoms with E-state index in [1.165, 1.54) is 44.9 Å². The van der Waals surface area contributed by atoms with Crippen LogP contribution in [0.2, 0.25) is 0 Å². The number of nitrogens with one attached hydrogen (secondary N) is 1. The van der Waals surface area contributed by atoms with Gasteiger partial charge in [-0.05, 0) is 38.5 Å². The quantitative estimate of drug-likeness (QED) is 0.776. The van der Waals surface area contributed by atoms with Gasteiger partial charge in [-0.2, -0.15) is 0 Å². The van der Waals surface area contributed by atoms with Crippen molar-refractivity contribution >= 4 is 5.91 Å². The zero-order valence-electron chi connectivity index (χ0n) is 13.1. The smallest absolute Gasteiger partial charge is 0.227 e. The van der Waals surface area contributed by atoms with Crippen LogP contribution in [0.25, 0.3) is 0 Å². The van der Waals surface area contributed by atoms with E-state index in [4.69, 9.17) is 5.73 Å². The molecular formula is C17H32N2O.